The fraction of sp³-hybridized carbons (Fsp3) is 0.474. The zero-order valence-electron chi connectivity index (χ0n) is 14.8. The van der Waals surface area contributed by atoms with Crippen molar-refractivity contribution in [1.29, 1.82) is 0 Å². The van der Waals surface area contributed by atoms with Crippen LogP contribution in [0.4, 0.5) is 0 Å². The van der Waals surface area contributed by atoms with Crippen molar-refractivity contribution in [2.45, 2.75) is 13.0 Å². The number of carbonyl (C=O) groups excluding carboxylic acids is 1. The number of amides is 1. The van der Waals surface area contributed by atoms with Gasteiger partial charge in [-0.15, -0.1) is 0 Å². The number of aromatic nitrogens is 1. The number of hydrogen-bond acceptors (Lipinski definition) is 5. The Labute approximate surface area is 147 Å². The van der Waals surface area contributed by atoms with Crippen molar-refractivity contribution in [1.82, 2.24) is 15.0 Å². The molecule has 2 aliphatic rings. The Morgan fingerprint density at radius 1 is 1.24 bits per heavy atom. The minimum Gasteiger partial charge on any atom is -0.497 e. The number of fused-ring (bicyclic) bond motifs is 1. The Balaban J connectivity index is 1.53. The molecule has 6 nitrogen and oxygen atoms in total. The Morgan fingerprint density at radius 3 is 2.64 bits per heavy atom. The molecule has 0 aliphatic carbocycles. The van der Waals surface area contributed by atoms with E-state index in [0.717, 1.165) is 31.1 Å². The molecule has 1 amide bonds. The van der Waals surface area contributed by atoms with E-state index < -0.39 is 0 Å². The SMILES string of the molecule is COc1ccc([C@@H]2[C@@H]3CN(C(=O)c4cc(C)no4)C[C@@H]3CN2C)cc1. The van der Waals surface area contributed by atoms with E-state index in [9.17, 15) is 4.79 Å². The van der Waals surface area contributed by atoms with Crippen molar-refractivity contribution in [2.75, 3.05) is 33.8 Å². The molecule has 2 aromatic rings. The maximum atomic E-state index is 12.7. The lowest BCUT2D eigenvalue weighted by Crippen LogP contribution is -2.33. The molecule has 0 spiro atoms. The van der Waals surface area contributed by atoms with E-state index in [1.54, 1.807) is 13.2 Å². The Kier molecular flexibility index (Phi) is 4.00. The van der Waals surface area contributed by atoms with E-state index in [1.165, 1.54) is 5.56 Å². The Hall–Kier alpha value is -2.34. The van der Waals surface area contributed by atoms with Crippen molar-refractivity contribution in [3.8, 4) is 5.75 Å². The molecule has 0 unspecified atom stereocenters. The second-order valence-corrected chi connectivity index (χ2v) is 7.12. The van der Waals surface area contributed by atoms with Crippen LogP contribution in [-0.4, -0.2) is 54.7 Å². The third-order valence-corrected chi connectivity index (χ3v) is 5.48. The van der Waals surface area contributed by atoms with Gasteiger partial charge in [0.2, 0.25) is 5.76 Å². The lowest BCUT2D eigenvalue weighted by Gasteiger charge is -2.26. The van der Waals surface area contributed by atoms with Crippen LogP contribution < -0.4 is 4.74 Å². The number of ether oxygens (including phenoxy) is 1. The van der Waals surface area contributed by atoms with Crippen molar-refractivity contribution in [2.24, 2.45) is 11.8 Å². The summed E-state index contributed by atoms with van der Waals surface area (Å²) in [5, 5.41) is 3.83. The highest BCUT2D eigenvalue weighted by Gasteiger charge is 2.47. The highest BCUT2D eigenvalue weighted by Crippen LogP contribution is 2.44. The zero-order valence-corrected chi connectivity index (χ0v) is 14.8. The van der Waals surface area contributed by atoms with Crippen molar-refractivity contribution >= 4 is 5.91 Å². The molecule has 2 saturated heterocycles. The molecule has 0 N–H and O–H groups in total. The standard InChI is InChI=1S/C19H23N3O3/c1-12-8-17(25-20-12)19(23)22-10-14-9-21(2)18(16(14)11-22)13-4-6-15(24-3)7-5-13/h4-8,14,16,18H,9-11H2,1-3H3/t14-,16+,18+/m0/s1. The van der Waals surface area contributed by atoms with Crippen LogP contribution in [0.25, 0.3) is 0 Å². The molecule has 3 atom stereocenters. The summed E-state index contributed by atoms with van der Waals surface area (Å²) in [6.45, 7) is 4.36. The summed E-state index contributed by atoms with van der Waals surface area (Å²) in [7, 11) is 3.84. The molecule has 4 rings (SSSR count). The topological polar surface area (TPSA) is 58.8 Å². The molecule has 2 fully saturated rings. The number of rotatable bonds is 3. The zero-order chi connectivity index (χ0) is 17.6. The fourth-order valence-corrected chi connectivity index (χ4v) is 4.35. The van der Waals surface area contributed by atoms with Crippen LogP contribution in [0.15, 0.2) is 34.9 Å². The molecule has 0 radical (unpaired) electrons. The number of hydrogen-bond donors (Lipinski definition) is 0. The number of methoxy groups -OCH3 is 1. The average Bonchev–Trinajstić information content (AvgIpc) is 3.28. The first-order valence-corrected chi connectivity index (χ1v) is 8.63. The summed E-state index contributed by atoms with van der Waals surface area (Å²) in [5.74, 6) is 2.08. The van der Waals surface area contributed by atoms with Crippen LogP contribution in [0.1, 0.15) is 27.9 Å². The van der Waals surface area contributed by atoms with E-state index in [-0.39, 0.29) is 5.91 Å². The van der Waals surface area contributed by atoms with E-state index in [2.05, 4.69) is 29.2 Å². The van der Waals surface area contributed by atoms with Gasteiger partial charge >= 0.3 is 0 Å². The number of carbonyl (C=O) groups is 1. The number of likely N-dealkylation sites (tertiary alicyclic amines) is 2. The first-order valence-electron chi connectivity index (χ1n) is 8.63. The molecule has 3 heterocycles. The molecule has 6 heteroatoms. The Morgan fingerprint density at radius 2 is 2.00 bits per heavy atom. The van der Waals surface area contributed by atoms with E-state index in [1.807, 2.05) is 24.0 Å². The van der Waals surface area contributed by atoms with Crippen LogP contribution in [0.2, 0.25) is 0 Å². The van der Waals surface area contributed by atoms with Gasteiger partial charge in [0.05, 0.1) is 12.8 Å². The van der Waals surface area contributed by atoms with Gasteiger partial charge < -0.3 is 14.2 Å². The van der Waals surface area contributed by atoms with E-state index >= 15 is 0 Å². The third kappa shape index (κ3) is 2.80. The van der Waals surface area contributed by atoms with Gasteiger partial charge in [-0.05, 0) is 37.6 Å². The predicted molar refractivity (Wildman–Crippen MR) is 92.5 cm³/mol. The second kappa shape index (κ2) is 6.19. The summed E-state index contributed by atoms with van der Waals surface area (Å²) in [6, 6.07) is 10.3. The minimum atomic E-state index is -0.0499. The van der Waals surface area contributed by atoms with Gasteiger partial charge in [-0.2, -0.15) is 0 Å². The highest BCUT2D eigenvalue weighted by atomic mass is 16.5. The molecule has 2 aliphatic heterocycles. The summed E-state index contributed by atoms with van der Waals surface area (Å²) in [4.78, 5) is 17.0. The lowest BCUT2D eigenvalue weighted by atomic mass is 9.89. The van der Waals surface area contributed by atoms with Crippen LogP contribution in [0.3, 0.4) is 0 Å². The van der Waals surface area contributed by atoms with Crippen LogP contribution in [-0.2, 0) is 0 Å². The molecule has 0 bridgehead atoms. The summed E-state index contributed by atoms with van der Waals surface area (Å²) >= 11 is 0. The second-order valence-electron chi connectivity index (χ2n) is 7.12. The normalized spacial score (nSPS) is 26.0. The number of aryl methyl sites for hydroxylation is 1. The largest absolute Gasteiger partial charge is 0.497 e. The maximum absolute atomic E-state index is 12.7. The van der Waals surface area contributed by atoms with Gasteiger partial charge in [-0.1, -0.05) is 17.3 Å². The molecular formula is C19H23N3O3. The third-order valence-electron chi connectivity index (χ3n) is 5.48. The first-order chi connectivity index (χ1) is 12.1. The van der Waals surface area contributed by atoms with Gasteiger partial charge in [0.1, 0.15) is 5.75 Å². The van der Waals surface area contributed by atoms with Crippen LogP contribution in [0, 0.1) is 18.8 Å². The summed E-state index contributed by atoms with van der Waals surface area (Å²) in [5.41, 5.74) is 2.01. The van der Waals surface area contributed by atoms with Gasteiger partial charge in [0, 0.05) is 37.7 Å². The first kappa shape index (κ1) is 16.1. The monoisotopic (exact) mass is 341 g/mol. The van der Waals surface area contributed by atoms with Gasteiger partial charge in [0.25, 0.3) is 5.91 Å². The fourth-order valence-electron chi connectivity index (χ4n) is 4.35. The van der Waals surface area contributed by atoms with Crippen LogP contribution >= 0.6 is 0 Å². The maximum Gasteiger partial charge on any atom is 0.292 e. The van der Waals surface area contributed by atoms with Crippen LogP contribution in [0.5, 0.6) is 5.75 Å². The quantitative estimate of drug-likeness (QED) is 0.858. The molecule has 0 saturated carbocycles. The number of benzene rings is 1. The van der Waals surface area contributed by atoms with Gasteiger partial charge in [-0.3, -0.25) is 9.69 Å². The molecular weight excluding hydrogens is 318 g/mol. The highest BCUT2D eigenvalue weighted by molar-refractivity contribution is 5.91. The minimum absolute atomic E-state index is 0.0499. The molecule has 25 heavy (non-hydrogen) atoms. The molecule has 1 aromatic carbocycles. The smallest absolute Gasteiger partial charge is 0.292 e. The van der Waals surface area contributed by atoms with E-state index in [4.69, 9.17) is 9.26 Å². The van der Waals surface area contributed by atoms with Crippen molar-refractivity contribution in [3.05, 3.63) is 47.3 Å². The van der Waals surface area contributed by atoms with Gasteiger partial charge in [-0.25, -0.2) is 0 Å². The van der Waals surface area contributed by atoms with Gasteiger partial charge in [0.15, 0.2) is 0 Å². The van der Waals surface area contributed by atoms with Crippen molar-refractivity contribution in [3.63, 3.8) is 0 Å². The molecule has 132 valence electrons. The number of nitrogens with zero attached hydrogens (tertiary/aromatic N) is 3. The summed E-state index contributed by atoms with van der Waals surface area (Å²) in [6.07, 6.45) is 0. The predicted octanol–water partition coefficient (Wildman–Crippen LogP) is 2.37. The van der Waals surface area contributed by atoms with Crippen molar-refractivity contribution < 1.29 is 14.1 Å². The van der Waals surface area contributed by atoms with E-state index in [0.29, 0.717) is 23.6 Å². The lowest BCUT2D eigenvalue weighted by molar-refractivity contribution is 0.0726. The molecule has 1 aromatic heterocycles. The average molecular weight is 341 g/mol. The summed E-state index contributed by atoms with van der Waals surface area (Å²) < 4.78 is 10.4. The Bertz CT molecular complexity index is 770.